The average Bonchev–Trinajstić information content (AvgIpc) is 3.02. The van der Waals surface area contributed by atoms with Gasteiger partial charge in [0.1, 0.15) is 0 Å². The molecule has 0 atom stereocenters. The summed E-state index contributed by atoms with van der Waals surface area (Å²) in [5, 5.41) is 3.30. The molecule has 27 heavy (non-hydrogen) atoms. The number of nitrogens with one attached hydrogen (secondary N) is 1. The summed E-state index contributed by atoms with van der Waals surface area (Å²) in [5.74, 6) is 0.412. The Morgan fingerprint density at radius 3 is 2.63 bits per heavy atom. The van der Waals surface area contributed by atoms with E-state index in [0.29, 0.717) is 22.2 Å². The van der Waals surface area contributed by atoms with Gasteiger partial charge in [0.25, 0.3) is 5.91 Å². The van der Waals surface area contributed by atoms with E-state index >= 15 is 0 Å². The molecular weight excluding hydrogens is 364 g/mol. The normalized spacial score (nSPS) is 10.7. The Bertz CT molecular complexity index is 1030. The number of fused-ring (bicyclic) bond motifs is 1. The van der Waals surface area contributed by atoms with Crippen molar-refractivity contribution in [1.82, 2.24) is 4.98 Å². The van der Waals surface area contributed by atoms with Gasteiger partial charge in [-0.15, -0.1) is 0 Å². The number of hydrogen-bond acceptors (Lipinski definition) is 6. The van der Waals surface area contributed by atoms with E-state index in [2.05, 4.69) is 16.4 Å². The summed E-state index contributed by atoms with van der Waals surface area (Å²) in [4.78, 5) is 28.2. The Morgan fingerprint density at radius 2 is 1.93 bits per heavy atom. The van der Waals surface area contributed by atoms with Gasteiger partial charge in [0.05, 0.1) is 17.3 Å². The topological polar surface area (TPSA) is 77.5 Å². The highest BCUT2D eigenvalue weighted by molar-refractivity contribution is 7.22. The van der Waals surface area contributed by atoms with E-state index in [9.17, 15) is 9.59 Å². The van der Waals surface area contributed by atoms with Gasteiger partial charge in [0.2, 0.25) is 0 Å². The van der Waals surface area contributed by atoms with Crippen LogP contribution in [0.2, 0.25) is 0 Å². The Balaban J connectivity index is 1.68. The van der Waals surface area contributed by atoms with E-state index in [4.69, 9.17) is 9.47 Å². The van der Waals surface area contributed by atoms with Crippen LogP contribution in [0, 0.1) is 13.8 Å². The second kappa shape index (κ2) is 7.75. The number of aromatic nitrogens is 1. The van der Waals surface area contributed by atoms with Crippen LogP contribution in [0.15, 0.2) is 30.3 Å². The van der Waals surface area contributed by atoms with Crippen molar-refractivity contribution in [1.29, 1.82) is 0 Å². The minimum Gasteiger partial charge on any atom is -0.493 e. The molecule has 0 radical (unpaired) electrons. The smallest absolute Gasteiger partial charge is 0.264 e. The summed E-state index contributed by atoms with van der Waals surface area (Å²) >= 11 is 1.43. The van der Waals surface area contributed by atoms with Gasteiger partial charge in [-0.25, -0.2) is 4.98 Å². The molecule has 2 aromatic carbocycles. The molecule has 1 amide bonds. The third-order valence-corrected chi connectivity index (χ3v) is 4.92. The fourth-order valence-electron chi connectivity index (χ4n) is 2.73. The third-order valence-electron chi connectivity index (χ3n) is 4.01. The first-order valence-corrected chi connectivity index (χ1v) is 9.18. The molecule has 7 heteroatoms. The second-order valence-electron chi connectivity index (χ2n) is 6.21. The molecule has 3 aromatic rings. The van der Waals surface area contributed by atoms with Crippen LogP contribution in [0.25, 0.3) is 10.2 Å². The maximum atomic E-state index is 12.2. The van der Waals surface area contributed by atoms with Crippen molar-refractivity contribution < 1.29 is 19.1 Å². The maximum Gasteiger partial charge on any atom is 0.264 e. The van der Waals surface area contributed by atoms with Gasteiger partial charge in [0.15, 0.2) is 29.0 Å². The van der Waals surface area contributed by atoms with Crippen molar-refractivity contribution in [2.24, 2.45) is 0 Å². The molecule has 0 aliphatic carbocycles. The first-order valence-electron chi connectivity index (χ1n) is 8.37. The fraction of sp³-hybridized carbons (Fsp3) is 0.250. The number of carbonyl (C=O) groups is 2. The maximum absolute atomic E-state index is 12.2. The molecule has 0 unspecified atom stereocenters. The zero-order chi connectivity index (χ0) is 19.6. The molecular formula is C20H20N2O4S. The predicted octanol–water partition coefficient (Wildman–Crippen LogP) is 4.14. The number of carbonyl (C=O) groups excluding carboxylic acids is 2. The van der Waals surface area contributed by atoms with Crippen LogP contribution in [-0.4, -0.2) is 30.4 Å². The minimum absolute atomic E-state index is 0.0704. The highest BCUT2D eigenvalue weighted by Gasteiger charge is 2.13. The number of thiazole rings is 1. The van der Waals surface area contributed by atoms with Gasteiger partial charge in [0, 0.05) is 5.56 Å². The molecule has 140 valence electrons. The quantitative estimate of drug-likeness (QED) is 0.646. The van der Waals surface area contributed by atoms with E-state index in [1.807, 2.05) is 19.9 Å². The number of nitrogens with zero attached hydrogens (tertiary/aromatic N) is 1. The minimum atomic E-state index is -0.318. The molecule has 1 N–H and O–H groups in total. The van der Waals surface area contributed by atoms with Crippen molar-refractivity contribution >= 4 is 38.4 Å². The van der Waals surface area contributed by atoms with Gasteiger partial charge in [-0.1, -0.05) is 17.4 Å². The van der Waals surface area contributed by atoms with E-state index < -0.39 is 0 Å². The average molecular weight is 384 g/mol. The fourth-order valence-corrected chi connectivity index (χ4v) is 3.79. The van der Waals surface area contributed by atoms with Gasteiger partial charge >= 0.3 is 0 Å². The zero-order valence-corrected chi connectivity index (χ0v) is 16.4. The van der Waals surface area contributed by atoms with Gasteiger partial charge in [-0.3, -0.25) is 14.9 Å². The van der Waals surface area contributed by atoms with Crippen LogP contribution in [0.4, 0.5) is 5.13 Å². The number of benzene rings is 2. The molecule has 0 bridgehead atoms. The number of aryl methyl sites for hydroxylation is 2. The second-order valence-corrected chi connectivity index (χ2v) is 7.24. The summed E-state index contributed by atoms with van der Waals surface area (Å²) < 4.78 is 11.8. The molecule has 0 fully saturated rings. The number of ether oxygens (including phenoxy) is 2. The predicted molar refractivity (Wildman–Crippen MR) is 106 cm³/mol. The van der Waals surface area contributed by atoms with Gasteiger partial charge in [-0.05, 0) is 56.2 Å². The lowest BCUT2D eigenvalue weighted by molar-refractivity contribution is -0.118. The number of ketones is 1. The summed E-state index contributed by atoms with van der Waals surface area (Å²) in [6.45, 7) is 5.32. The molecule has 1 heterocycles. The number of Topliss-reactive ketones (excluding diaryl/α,β-unsaturated/α-hetero) is 1. The first kappa shape index (κ1) is 18.8. The molecule has 6 nitrogen and oxygen atoms in total. The van der Waals surface area contributed by atoms with E-state index in [-0.39, 0.29) is 18.3 Å². The Hall–Kier alpha value is -2.93. The van der Waals surface area contributed by atoms with Crippen LogP contribution >= 0.6 is 11.3 Å². The summed E-state index contributed by atoms with van der Waals surface area (Å²) in [7, 11) is 1.48. The van der Waals surface area contributed by atoms with Crippen molar-refractivity contribution in [3.63, 3.8) is 0 Å². The van der Waals surface area contributed by atoms with Crippen molar-refractivity contribution in [2.75, 3.05) is 19.0 Å². The lowest BCUT2D eigenvalue weighted by Gasteiger charge is -2.11. The molecule has 0 aliphatic rings. The van der Waals surface area contributed by atoms with Crippen molar-refractivity contribution in [3.8, 4) is 11.5 Å². The van der Waals surface area contributed by atoms with Crippen molar-refractivity contribution in [3.05, 3.63) is 47.0 Å². The largest absolute Gasteiger partial charge is 0.493 e. The Kier molecular flexibility index (Phi) is 5.41. The van der Waals surface area contributed by atoms with Gasteiger partial charge in [-0.2, -0.15) is 0 Å². The summed E-state index contributed by atoms with van der Waals surface area (Å²) in [6, 6.07) is 8.96. The number of anilines is 1. The van der Waals surface area contributed by atoms with Crippen LogP contribution in [0.3, 0.4) is 0 Å². The number of rotatable bonds is 6. The molecule has 0 spiro atoms. The lowest BCUT2D eigenvalue weighted by Crippen LogP contribution is -2.20. The SMILES string of the molecule is COc1cc(C(C)=O)ccc1OCC(=O)Nc1nc2c(C)cc(C)cc2s1. The van der Waals surface area contributed by atoms with E-state index in [0.717, 1.165) is 21.3 Å². The lowest BCUT2D eigenvalue weighted by atomic mass is 10.1. The van der Waals surface area contributed by atoms with Crippen LogP contribution < -0.4 is 14.8 Å². The van der Waals surface area contributed by atoms with E-state index in [1.54, 1.807) is 18.2 Å². The molecule has 0 saturated carbocycles. The highest BCUT2D eigenvalue weighted by Crippen LogP contribution is 2.30. The summed E-state index contributed by atoms with van der Waals surface area (Å²) in [5.41, 5.74) is 3.64. The van der Waals surface area contributed by atoms with E-state index in [1.165, 1.54) is 25.4 Å². The molecule has 0 aliphatic heterocycles. The van der Waals surface area contributed by atoms with Crippen LogP contribution in [0.1, 0.15) is 28.4 Å². The van der Waals surface area contributed by atoms with Gasteiger partial charge < -0.3 is 9.47 Å². The standard InChI is InChI=1S/C20H20N2O4S/c1-11-7-12(2)19-17(8-11)27-20(22-19)21-18(24)10-26-15-6-5-14(13(3)23)9-16(15)25-4/h5-9H,10H2,1-4H3,(H,21,22,24). The highest BCUT2D eigenvalue weighted by atomic mass is 32.1. The van der Waals surface area contributed by atoms with Crippen LogP contribution in [-0.2, 0) is 4.79 Å². The van der Waals surface area contributed by atoms with Crippen LogP contribution in [0.5, 0.6) is 11.5 Å². The molecule has 0 saturated heterocycles. The Labute approximate surface area is 161 Å². The summed E-state index contributed by atoms with van der Waals surface area (Å²) in [6.07, 6.45) is 0. The monoisotopic (exact) mass is 384 g/mol. The Morgan fingerprint density at radius 1 is 1.15 bits per heavy atom. The first-order chi connectivity index (χ1) is 12.9. The number of amides is 1. The molecule has 1 aromatic heterocycles. The number of methoxy groups -OCH3 is 1. The third kappa shape index (κ3) is 4.25. The van der Waals surface area contributed by atoms with Crippen molar-refractivity contribution in [2.45, 2.75) is 20.8 Å². The molecule has 3 rings (SSSR count). The zero-order valence-electron chi connectivity index (χ0n) is 15.6. The number of hydrogen-bond donors (Lipinski definition) is 1.